The topological polar surface area (TPSA) is 72.5 Å². The fourth-order valence-electron chi connectivity index (χ4n) is 2.65. The molecule has 0 bridgehead atoms. The number of aryl methyl sites for hydroxylation is 1. The normalized spacial score (nSPS) is 16.4. The van der Waals surface area contributed by atoms with Crippen LogP contribution in [0.4, 0.5) is 10.5 Å². The number of rotatable bonds is 6. The third kappa shape index (κ3) is 5.19. The summed E-state index contributed by atoms with van der Waals surface area (Å²) in [5.41, 5.74) is 1.82. The Labute approximate surface area is 147 Å². The van der Waals surface area contributed by atoms with Gasteiger partial charge in [0.2, 0.25) is 5.88 Å². The van der Waals surface area contributed by atoms with E-state index < -0.39 is 0 Å². The first-order chi connectivity index (χ1) is 12.2. The lowest BCUT2D eigenvalue weighted by Gasteiger charge is -2.12. The summed E-state index contributed by atoms with van der Waals surface area (Å²) in [5, 5.41) is 5.56. The molecule has 6 heteroatoms. The summed E-state index contributed by atoms with van der Waals surface area (Å²) >= 11 is 0. The number of aromatic nitrogens is 1. The van der Waals surface area contributed by atoms with Crippen molar-refractivity contribution >= 4 is 11.7 Å². The van der Waals surface area contributed by atoms with E-state index in [1.165, 1.54) is 5.56 Å². The van der Waals surface area contributed by atoms with Gasteiger partial charge in [0.1, 0.15) is 5.75 Å². The summed E-state index contributed by atoms with van der Waals surface area (Å²) in [4.78, 5) is 16.1. The summed E-state index contributed by atoms with van der Waals surface area (Å²) in [6, 6.07) is 11.1. The number of nitrogens with one attached hydrogen (secondary N) is 2. The Kier molecular flexibility index (Phi) is 5.85. The number of nitrogens with zero attached hydrogens (tertiary/aromatic N) is 1. The molecule has 1 saturated heterocycles. The van der Waals surface area contributed by atoms with Crippen LogP contribution in [-0.4, -0.2) is 30.3 Å². The van der Waals surface area contributed by atoms with Gasteiger partial charge in [0, 0.05) is 19.2 Å². The van der Waals surface area contributed by atoms with E-state index in [-0.39, 0.29) is 12.1 Å². The molecule has 132 valence electrons. The van der Waals surface area contributed by atoms with Gasteiger partial charge >= 0.3 is 6.03 Å². The predicted octanol–water partition coefficient (Wildman–Crippen LogP) is 3.74. The Morgan fingerprint density at radius 1 is 1.36 bits per heavy atom. The maximum Gasteiger partial charge on any atom is 0.319 e. The number of pyridine rings is 1. The molecule has 2 heterocycles. The lowest BCUT2D eigenvalue weighted by atomic mass is 10.2. The highest BCUT2D eigenvalue weighted by atomic mass is 16.5. The van der Waals surface area contributed by atoms with E-state index in [2.05, 4.69) is 28.6 Å². The van der Waals surface area contributed by atoms with Crippen LogP contribution in [0.3, 0.4) is 0 Å². The second-order valence-corrected chi connectivity index (χ2v) is 5.96. The minimum Gasteiger partial charge on any atom is -0.439 e. The van der Waals surface area contributed by atoms with Gasteiger partial charge in [-0.3, -0.25) is 0 Å². The van der Waals surface area contributed by atoms with E-state index in [1.807, 2.05) is 18.2 Å². The standard InChI is InChI=1S/C19H23N3O3/c1-2-14-5-3-6-16(11-14)25-18-9-8-15(12-20-18)22-19(23)21-13-17-7-4-10-24-17/h3,5-6,8-9,11-12,17H,2,4,7,10,13H2,1H3,(H2,21,22,23). The monoisotopic (exact) mass is 341 g/mol. The third-order valence-electron chi connectivity index (χ3n) is 4.04. The molecule has 2 N–H and O–H groups in total. The van der Waals surface area contributed by atoms with E-state index in [9.17, 15) is 4.79 Å². The van der Waals surface area contributed by atoms with Gasteiger partial charge in [0.25, 0.3) is 0 Å². The molecule has 25 heavy (non-hydrogen) atoms. The predicted molar refractivity (Wildman–Crippen MR) is 96.1 cm³/mol. The van der Waals surface area contributed by atoms with Crippen LogP contribution >= 0.6 is 0 Å². The minimum atomic E-state index is -0.262. The van der Waals surface area contributed by atoms with Gasteiger partial charge in [-0.05, 0) is 43.0 Å². The average molecular weight is 341 g/mol. The molecule has 1 aliphatic rings. The fraction of sp³-hybridized carbons (Fsp3) is 0.368. The van der Waals surface area contributed by atoms with Crippen LogP contribution in [0.25, 0.3) is 0 Å². The van der Waals surface area contributed by atoms with Gasteiger partial charge < -0.3 is 20.1 Å². The molecule has 1 aromatic carbocycles. The molecule has 1 aromatic heterocycles. The number of anilines is 1. The summed E-state index contributed by atoms with van der Waals surface area (Å²) in [5.74, 6) is 1.24. The Hall–Kier alpha value is -2.60. The number of ether oxygens (including phenoxy) is 2. The van der Waals surface area contributed by atoms with Crippen LogP contribution in [0.2, 0.25) is 0 Å². The van der Waals surface area contributed by atoms with Gasteiger partial charge in [0.15, 0.2) is 0 Å². The molecule has 0 spiro atoms. The number of carbonyl (C=O) groups excluding carboxylic acids is 1. The zero-order chi connectivity index (χ0) is 17.5. The van der Waals surface area contributed by atoms with E-state index in [1.54, 1.807) is 18.3 Å². The first-order valence-electron chi connectivity index (χ1n) is 8.62. The molecule has 0 radical (unpaired) electrons. The van der Waals surface area contributed by atoms with Crippen LogP contribution in [-0.2, 0) is 11.2 Å². The molecule has 3 rings (SSSR count). The van der Waals surface area contributed by atoms with Crippen molar-refractivity contribution in [1.82, 2.24) is 10.3 Å². The van der Waals surface area contributed by atoms with Gasteiger partial charge in [-0.25, -0.2) is 9.78 Å². The van der Waals surface area contributed by atoms with Gasteiger partial charge in [-0.2, -0.15) is 0 Å². The third-order valence-corrected chi connectivity index (χ3v) is 4.04. The molecule has 1 unspecified atom stereocenters. The van der Waals surface area contributed by atoms with E-state index in [0.29, 0.717) is 18.1 Å². The second-order valence-electron chi connectivity index (χ2n) is 5.96. The number of benzene rings is 1. The molecule has 6 nitrogen and oxygen atoms in total. The van der Waals surface area contributed by atoms with Crippen molar-refractivity contribution in [2.45, 2.75) is 32.3 Å². The largest absolute Gasteiger partial charge is 0.439 e. The molecule has 0 aliphatic carbocycles. The quantitative estimate of drug-likeness (QED) is 0.839. The van der Waals surface area contributed by atoms with Crippen molar-refractivity contribution in [1.29, 1.82) is 0 Å². The highest BCUT2D eigenvalue weighted by Gasteiger charge is 2.16. The van der Waals surface area contributed by atoms with Crippen molar-refractivity contribution in [3.8, 4) is 11.6 Å². The lowest BCUT2D eigenvalue weighted by Crippen LogP contribution is -2.35. The maximum absolute atomic E-state index is 11.9. The van der Waals surface area contributed by atoms with E-state index in [0.717, 1.165) is 31.6 Å². The summed E-state index contributed by atoms with van der Waals surface area (Å²) < 4.78 is 11.2. The molecular weight excluding hydrogens is 318 g/mol. The SMILES string of the molecule is CCc1cccc(Oc2ccc(NC(=O)NCC3CCCO3)cn2)c1. The zero-order valence-electron chi connectivity index (χ0n) is 14.3. The number of hydrogen-bond donors (Lipinski definition) is 2. The van der Waals surface area contributed by atoms with Crippen molar-refractivity contribution in [2.24, 2.45) is 0 Å². The number of carbonyl (C=O) groups is 1. The average Bonchev–Trinajstić information content (AvgIpc) is 3.15. The smallest absolute Gasteiger partial charge is 0.319 e. The molecule has 2 aromatic rings. The van der Waals surface area contributed by atoms with Gasteiger partial charge in [-0.1, -0.05) is 19.1 Å². The minimum absolute atomic E-state index is 0.124. The van der Waals surface area contributed by atoms with Gasteiger partial charge in [-0.15, -0.1) is 0 Å². The summed E-state index contributed by atoms with van der Waals surface area (Å²) in [7, 11) is 0. The second kappa shape index (κ2) is 8.48. The van der Waals surface area contributed by atoms with E-state index in [4.69, 9.17) is 9.47 Å². The van der Waals surface area contributed by atoms with E-state index >= 15 is 0 Å². The fourth-order valence-corrected chi connectivity index (χ4v) is 2.65. The summed E-state index contributed by atoms with van der Waals surface area (Å²) in [6.45, 7) is 3.40. The van der Waals surface area contributed by atoms with Crippen LogP contribution in [0, 0.1) is 0 Å². The molecule has 1 fully saturated rings. The summed E-state index contributed by atoms with van der Waals surface area (Å²) in [6.07, 6.45) is 4.70. The van der Waals surface area contributed by atoms with Crippen molar-refractivity contribution in [3.63, 3.8) is 0 Å². The highest BCUT2D eigenvalue weighted by Crippen LogP contribution is 2.21. The number of hydrogen-bond acceptors (Lipinski definition) is 4. The molecule has 2 amide bonds. The van der Waals surface area contributed by atoms with Crippen LogP contribution in [0.1, 0.15) is 25.3 Å². The Morgan fingerprint density at radius 2 is 2.28 bits per heavy atom. The van der Waals surface area contributed by atoms with Crippen molar-refractivity contribution in [3.05, 3.63) is 48.2 Å². The first-order valence-corrected chi connectivity index (χ1v) is 8.62. The van der Waals surface area contributed by atoms with Crippen LogP contribution in [0.15, 0.2) is 42.6 Å². The highest BCUT2D eigenvalue weighted by molar-refractivity contribution is 5.89. The lowest BCUT2D eigenvalue weighted by molar-refractivity contribution is 0.112. The molecular formula is C19H23N3O3. The zero-order valence-corrected chi connectivity index (χ0v) is 14.3. The Balaban J connectivity index is 1.50. The molecule has 1 aliphatic heterocycles. The maximum atomic E-state index is 11.9. The Morgan fingerprint density at radius 3 is 3.00 bits per heavy atom. The molecule has 1 atom stereocenters. The van der Waals surface area contributed by atoms with Crippen LogP contribution < -0.4 is 15.4 Å². The van der Waals surface area contributed by atoms with Crippen molar-refractivity contribution in [2.75, 3.05) is 18.5 Å². The first kappa shape index (κ1) is 17.2. The molecule has 0 saturated carbocycles. The number of urea groups is 1. The Bertz CT molecular complexity index is 697. The number of amides is 2. The van der Waals surface area contributed by atoms with Crippen LogP contribution in [0.5, 0.6) is 11.6 Å². The van der Waals surface area contributed by atoms with Crippen molar-refractivity contribution < 1.29 is 14.3 Å². The van der Waals surface area contributed by atoms with Gasteiger partial charge in [0.05, 0.1) is 18.0 Å².